The third-order valence-electron chi connectivity index (χ3n) is 3.77. The lowest BCUT2D eigenvalue weighted by Crippen LogP contribution is -2.38. The molecule has 0 amide bonds. The molecule has 1 saturated heterocycles. The molecule has 0 saturated carbocycles. The molecule has 0 spiro atoms. The molecular formula is C14H18ClNO4S. The molecule has 1 aliphatic heterocycles. The summed E-state index contributed by atoms with van der Waals surface area (Å²) in [6.07, 6.45) is 3.71. The Bertz CT molecular complexity index is 644. The van der Waals surface area contributed by atoms with E-state index >= 15 is 0 Å². The Kier molecular flexibility index (Phi) is 4.91. The summed E-state index contributed by atoms with van der Waals surface area (Å²) in [7, 11) is -3.64. The van der Waals surface area contributed by atoms with Gasteiger partial charge in [0.05, 0.1) is 15.5 Å². The zero-order valence-electron chi connectivity index (χ0n) is 11.8. The summed E-state index contributed by atoms with van der Waals surface area (Å²) in [5.41, 5.74) is -0.0977. The number of hydrogen-bond acceptors (Lipinski definition) is 3. The van der Waals surface area contributed by atoms with Gasteiger partial charge in [-0.3, -0.25) is 0 Å². The van der Waals surface area contributed by atoms with Crippen LogP contribution < -0.4 is 0 Å². The highest BCUT2D eigenvalue weighted by Gasteiger charge is 2.30. The number of halogens is 1. The van der Waals surface area contributed by atoms with Crippen molar-refractivity contribution < 1.29 is 18.3 Å². The van der Waals surface area contributed by atoms with Crippen LogP contribution in [-0.2, 0) is 10.0 Å². The Labute approximate surface area is 129 Å². The van der Waals surface area contributed by atoms with E-state index in [2.05, 4.69) is 0 Å². The summed E-state index contributed by atoms with van der Waals surface area (Å²) in [6.45, 7) is 2.39. The van der Waals surface area contributed by atoms with Crippen LogP contribution in [0.4, 0.5) is 0 Å². The van der Waals surface area contributed by atoms with Gasteiger partial charge >= 0.3 is 5.97 Å². The van der Waals surface area contributed by atoms with E-state index in [1.54, 1.807) is 0 Å². The van der Waals surface area contributed by atoms with Gasteiger partial charge in [-0.15, -0.1) is 0 Å². The molecule has 1 aliphatic rings. The Morgan fingerprint density at radius 3 is 2.67 bits per heavy atom. The zero-order chi connectivity index (χ0) is 15.6. The number of carboxylic acid groups (broad SMARTS) is 1. The second kappa shape index (κ2) is 6.34. The summed E-state index contributed by atoms with van der Waals surface area (Å²) >= 11 is 5.87. The van der Waals surface area contributed by atoms with Crippen molar-refractivity contribution in [3.63, 3.8) is 0 Å². The summed E-state index contributed by atoms with van der Waals surface area (Å²) in [5.74, 6) is -1.17. The average molecular weight is 332 g/mol. The van der Waals surface area contributed by atoms with E-state index in [1.807, 2.05) is 6.92 Å². The minimum absolute atomic E-state index is 0.0475. The largest absolute Gasteiger partial charge is 0.478 e. The molecule has 21 heavy (non-hydrogen) atoms. The van der Waals surface area contributed by atoms with E-state index < -0.39 is 16.0 Å². The van der Waals surface area contributed by atoms with Crippen molar-refractivity contribution in [1.82, 2.24) is 4.31 Å². The fourth-order valence-corrected chi connectivity index (χ4v) is 4.62. The number of hydrogen-bond donors (Lipinski definition) is 1. The van der Waals surface area contributed by atoms with E-state index in [0.29, 0.717) is 6.54 Å². The fraction of sp³-hybridized carbons (Fsp3) is 0.500. The second-order valence-corrected chi connectivity index (χ2v) is 7.56. The normalized spacial score (nSPS) is 21.0. The van der Waals surface area contributed by atoms with Crippen molar-refractivity contribution in [2.75, 3.05) is 6.54 Å². The number of nitrogens with zero attached hydrogens (tertiary/aromatic N) is 1. The highest BCUT2D eigenvalue weighted by Crippen LogP contribution is 2.27. The highest BCUT2D eigenvalue weighted by atomic mass is 35.5. The average Bonchev–Trinajstić information content (AvgIpc) is 2.63. The Balaban J connectivity index is 2.39. The summed E-state index contributed by atoms with van der Waals surface area (Å²) < 4.78 is 26.9. The lowest BCUT2D eigenvalue weighted by molar-refractivity contribution is 0.0697. The van der Waals surface area contributed by atoms with Gasteiger partial charge in [-0.1, -0.05) is 24.4 Å². The molecule has 0 aromatic heterocycles. The van der Waals surface area contributed by atoms with Crippen molar-refractivity contribution >= 4 is 27.6 Å². The SMILES string of the molecule is CC1CCCCCN1S(=O)(=O)c1ccc(C(=O)O)c(Cl)c1. The van der Waals surface area contributed by atoms with Crippen LogP contribution in [0.5, 0.6) is 0 Å². The molecule has 5 nitrogen and oxygen atoms in total. The predicted molar refractivity (Wildman–Crippen MR) is 80.2 cm³/mol. The Morgan fingerprint density at radius 2 is 2.05 bits per heavy atom. The van der Waals surface area contributed by atoms with Crippen molar-refractivity contribution in [1.29, 1.82) is 0 Å². The van der Waals surface area contributed by atoms with E-state index in [-0.39, 0.29) is 21.5 Å². The maximum absolute atomic E-state index is 12.7. The summed E-state index contributed by atoms with van der Waals surface area (Å²) in [5, 5.41) is 8.88. The molecule has 1 atom stereocenters. The lowest BCUT2D eigenvalue weighted by Gasteiger charge is -2.26. The van der Waals surface area contributed by atoms with Crippen LogP contribution in [0.25, 0.3) is 0 Å². The summed E-state index contributed by atoms with van der Waals surface area (Å²) in [6, 6.07) is 3.70. The van der Waals surface area contributed by atoms with Crippen LogP contribution in [0.15, 0.2) is 23.1 Å². The van der Waals surface area contributed by atoms with E-state index in [0.717, 1.165) is 25.7 Å². The smallest absolute Gasteiger partial charge is 0.337 e. The van der Waals surface area contributed by atoms with Gasteiger partial charge in [0.1, 0.15) is 0 Å². The van der Waals surface area contributed by atoms with Gasteiger partial charge in [-0.05, 0) is 38.0 Å². The molecule has 1 aromatic rings. The van der Waals surface area contributed by atoms with Crippen LogP contribution in [0, 0.1) is 0 Å². The molecule has 7 heteroatoms. The van der Waals surface area contributed by atoms with Gasteiger partial charge in [0.25, 0.3) is 0 Å². The van der Waals surface area contributed by atoms with Gasteiger partial charge in [-0.2, -0.15) is 4.31 Å². The quantitative estimate of drug-likeness (QED) is 0.923. The minimum Gasteiger partial charge on any atom is -0.478 e. The first-order chi connectivity index (χ1) is 9.84. The number of sulfonamides is 1. The maximum Gasteiger partial charge on any atom is 0.337 e. The van der Waals surface area contributed by atoms with Crippen LogP contribution in [0.1, 0.15) is 43.0 Å². The van der Waals surface area contributed by atoms with E-state index in [4.69, 9.17) is 16.7 Å². The van der Waals surface area contributed by atoms with Gasteiger partial charge in [0.2, 0.25) is 10.0 Å². The monoisotopic (exact) mass is 331 g/mol. The highest BCUT2D eigenvalue weighted by molar-refractivity contribution is 7.89. The third-order valence-corrected chi connectivity index (χ3v) is 6.09. The Morgan fingerprint density at radius 1 is 1.33 bits per heavy atom. The lowest BCUT2D eigenvalue weighted by atomic mass is 10.1. The molecule has 0 radical (unpaired) electrons. The van der Waals surface area contributed by atoms with Crippen molar-refractivity contribution in [3.8, 4) is 0 Å². The first-order valence-corrected chi connectivity index (χ1v) is 8.70. The fourth-order valence-electron chi connectivity index (χ4n) is 2.57. The molecular weight excluding hydrogens is 314 g/mol. The molecule has 1 heterocycles. The van der Waals surface area contributed by atoms with Gasteiger partial charge in [0, 0.05) is 12.6 Å². The molecule has 116 valence electrons. The van der Waals surface area contributed by atoms with Gasteiger partial charge in [-0.25, -0.2) is 13.2 Å². The first-order valence-electron chi connectivity index (χ1n) is 6.88. The molecule has 1 aromatic carbocycles. The van der Waals surface area contributed by atoms with Crippen LogP contribution in [-0.4, -0.2) is 36.4 Å². The predicted octanol–water partition coefficient (Wildman–Crippen LogP) is 2.99. The van der Waals surface area contributed by atoms with Crippen LogP contribution >= 0.6 is 11.6 Å². The first kappa shape index (κ1) is 16.3. The van der Waals surface area contributed by atoms with Crippen molar-refractivity contribution in [2.45, 2.75) is 43.5 Å². The van der Waals surface area contributed by atoms with Crippen LogP contribution in [0.3, 0.4) is 0 Å². The minimum atomic E-state index is -3.64. The maximum atomic E-state index is 12.7. The summed E-state index contributed by atoms with van der Waals surface area (Å²) in [4.78, 5) is 11.0. The van der Waals surface area contributed by atoms with Crippen molar-refractivity contribution in [2.24, 2.45) is 0 Å². The van der Waals surface area contributed by atoms with Gasteiger partial charge < -0.3 is 5.11 Å². The van der Waals surface area contributed by atoms with Gasteiger partial charge in [0.15, 0.2) is 0 Å². The number of carboxylic acids is 1. The molecule has 2 rings (SSSR count). The topological polar surface area (TPSA) is 74.7 Å². The number of carbonyl (C=O) groups is 1. The van der Waals surface area contributed by atoms with Crippen LogP contribution in [0.2, 0.25) is 5.02 Å². The standard InChI is InChI=1S/C14H18ClNO4S/c1-10-5-3-2-4-8-16(10)21(19,20)11-6-7-12(14(17)18)13(15)9-11/h6-7,9-10H,2-5,8H2,1H3,(H,17,18). The zero-order valence-corrected chi connectivity index (χ0v) is 13.3. The Hall–Kier alpha value is -1.11. The van der Waals surface area contributed by atoms with E-state index in [9.17, 15) is 13.2 Å². The van der Waals surface area contributed by atoms with Crippen molar-refractivity contribution in [3.05, 3.63) is 28.8 Å². The van der Waals surface area contributed by atoms with E-state index in [1.165, 1.54) is 22.5 Å². The molecule has 1 fully saturated rings. The molecule has 0 bridgehead atoms. The molecule has 0 aliphatic carbocycles. The third kappa shape index (κ3) is 3.39. The molecule has 1 unspecified atom stereocenters. The number of benzene rings is 1. The number of aromatic carboxylic acids is 1. The molecule has 1 N–H and O–H groups in total. The second-order valence-electron chi connectivity index (χ2n) is 5.26. The number of rotatable bonds is 3.